The van der Waals surface area contributed by atoms with E-state index in [0.29, 0.717) is 23.7 Å². The third kappa shape index (κ3) is 3.12. The predicted molar refractivity (Wildman–Crippen MR) is 110 cm³/mol. The summed E-state index contributed by atoms with van der Waals surface area (Å²) in [5, 5.41) is 2.71. The van der Waals surface area contributed by atoms with E-state index in [2.05, 4.69) is 11.9 Å². The van der Waals surface area contributed by atoms with Crippen LogP contribution in [0.2, 0.25) is 0 Å². The number of nitrogens with one attached hydrogen (secondary N) is 1. The van der Waals surface area contributed by atoms with E-state index in [1.807, 2.05) is 0 Å². The molecule has 1 atom stereocenters. The first-order chi connectivity index (χ1) is 14.4. The molecule has 0 radical (unpaired) electrons. The second-order valence-electron chi connectivity index (χ2n) is 6.96. The van der Waals surface area contributed by atoms with E-state index in [0.717, 1.165) is 4.90 Å². The number of fused-ring (bicyclic) bond motifs is 2. The summed E-state index contributed by atoms with van der Waals surface area (Å²) in [5.74, 6) is -1.23. The Morgan fingerprint density at radius 3 is 2.47 bits per heavy atom. The molecule has 0 saturated carbocycles. The first kappa shape index (κ1) is 19.4. The quantitative estimate of drug-likeness (QED) is 0.608. The molecule has 2 aliphatic heterocycles. The van der Waals surface area contributed by atoms with Crippen LogP contribution in [-0.2, 0) is 9.59 Å². The molecule has 0 aliphatic carbocycles. The van der Waals surface area contributed by atoms with Gasteiger partial charge >= 0.3 is 0 Å². The molecule has 2 aromatic rings. The maximum absolute atomic E-state index is 12.8. The van der Waals surface area contributed by atoms with Crippen LogP contribution in [0.1, 0.15) is 27.6 Å². The fourth-order valence-electron chi connectivity index (χ4n) is 3.53. The Bertz CT molecular complexity index is 1060. The second kappa shape index (κ2) is 7.47. The molecule has 4 rings (SSSR count). The fraction of sp³-hybridized carbons (Fsp3) is 0.182. The van der Waals surface area contributed by atoms with Crippen LogP contribution < -0.4 is 15.0 Å². The molecule has 0 spiro atoms. The third-order valence-electron chi connectivity index (χ3n) is 5.07. The molecule has 30 heavy (non-hydrogen) atoms. The predicted octanol–water partition coefficient (Wildman–Crippen LogP) is 2.22. The van der Waals surface area contributed by atoms with Crippen LogP contribution in [0, 0.1) is 0 Å². The van der Waals surface area contributed by atoms with Gasteiger partial charge < -0.3 is 15.0 Å². The highest BCUT2D eigenvalue weighted by molar-refractivity contribution is 6.23. The second-order valence-corrected chi connectivity index (χ2v) is 6.96. The highest BCUT2D eigenvalue weighted by Gasteiger charge is 2.40. The largest absolute Gasteiger partial charge is 0.482 e. The number of rotatable bonds is 5. The normalized spacial score (nSPS) is 16.0. The number of imide groups is 1. The average Bonchev–Trinajstić information content (AvgIpc) is 3.00. The highest BCUT2D eigenvalue weighted by atomic mass is 16.5. The number of hydrogen-bond acceptors (Lipinski definition) is 5. The van der Waals surface area contributed by atoms with Crippen molar-refractivity contribution in [2.45, 2.75) is 13.0 Å². The van der Waals surface area contributed by atoms with Gasteiger partial charge in [-0.2, -0.15) is 0 Å². The molecule has 2 aromatic carbocycles. The van der Waals surface area contributed by atoms with Crippen molar-refractivity contribution in [1.82, 2.24) is 4.90 Å². The molecule has 2 heterocycles. The van der Waals surface area contributed by atoms with Gasteiger partial charge in [0.05, 0.1) is 16.8 Å². The Morgan fingerprint density at radius 1 is 1.17 bits per heavy atom. The standard InChI is InChI=1S/C22H19N3O5/c1-3-10-24-17-11-14(8-9-18(17)30-12-19(24)26)23-20(27)13(2)25-21(28)15-6-4-5-7-16(15)22(25)29/h3-9,11,13H,1,10,12H2,2H3,(H,23,27). The van der Waals surface area contributed by atoms with Gasteiger partial charge in [0, 0.05) is 12.2 Å². The monoisotopic (exact) mass is 405 g/mol. The Balaban J connectivity index is 1.55. The Labute approximate surface area is 172 Å². The van der Waals surface area contributed by atoms with E-state index in [4.69, 9.17) is 4.74 Å². The van der Waals surface area contributed by atoms with Crippen LogP contribution in [0.5, 0.6) is 5.75 Å². The number of anilines is 2. The third-order valence-corrected chi connectivity index (χ3v) is 5.07. The van der Waals surface area contributed by atoms with Crippen molar-refractivity contribution in [2.24, 2.45) is 0 Å². The van der Waals surface area contributed by atoms with Crippen LogP contribution in [0.15, 0.2) is 55.1 Å². The summed E-state index contributed by atoms with van der Waals surface area (Å²) in [6.45, 7) is 5.39. The Hall–Kier alpha value is -3.94. The summed E-state index contributed by atoms with van der Waals surface area (Å²) in [4.78, 5) is 52.6. The highest BCUT2D eigenvalue weighted by Crippen LogP contribution is 2.34. The van der Waals surface area contributed by atoms with Crippen LogP contribution >= 0.6 is 0 Å². The van der Waals surface area contributed by atoms with Crippen molar-refractivity contribution in [3.8, 4) is 5.75 Å². The van der Waals surface area contributed by atoms with Gasteiger partial charge in [-0.05, 0) is 37.3 Å². The van der Waals surface area contributed by atoms with Gasteiger partial charge in [0.2, 0.25) is 5.91 Å². The Morgan fingerprint density at radius 2 is 1.83 bits per heavy atom. The minimum Gasteiger partial charge on any atom is -0.482 e. The van der Waals surface area contributed by atoms with Gasteiger partial charge in [0.25, 0.3) is 17.7 Å². The molecule has 1 N–H and O–H groups in total. The SMILES string of the molecule is C=CCN1C(=O)COc2ccc(NC(=O)C(C)N3C(=O)c4ccccc4C3=O)cc21. The number of amides is 4. The van der Waals surface area contributed by atoms with Crippen molar-refractivity contribution in [2.75, 3.05) is 23.4 Å². The van der Waals surface area contributed by atoms with E-state index < -0.39 is 23.8 Å². The van der Waals surface area contributed by atoms with Crippen molar-refractivity contribution >= 4 is 35.0 Å². The summed E-state index contributed by atoms with van der Waals surface area (Å²) in [7, 11) is 0. The zero-order valence-electron chi connectivity index (χ0n) is 16.3. The molecule has 1 unspecified atom stereocenters. The van der Waals surface area contributed by atoms with Gasteiger partial charge in [-0.25, -0.2) is 0 Å². The average molecular weight is 405 g/mol. The van der Waals surface area contributed by atoms with Crippen molar-refractivity contribution in [3.63, 3.8) is 0 Å². The molecule has 4 amide bonds. The minimum absolute atomic E-state index is 0.0661. The van der Waals surface area contributed by atoms with Crippen LogP contribution in [0.3, 0.4) is 0 Å². The molecule has 0 saturated heterocycles. The van der Waals surface area contributed by atoms with Gasteiger partial charge in [-0.15, -0.1) is 6.58 Å². The van der Waals surface area contributed by atoms with E-state index in [-0.39, 0.29) is 23.6 Å². The molecule has 152 valence electrons. The van der Waals surface area contributed by atoms with Crippen LogP contribution in [0.25, 0.3) is 0 Å². The van der Waals surface area contributed by atoms with Crippen LogP contribution in [-0.4, -0.2) is 47.7 Å². The van der Waals surface area contributed by atoms with E-state index in [1.54, 1.807) is 48.5 Å². The van der Waals surface area contributed by atoms with E-state index in [9.17, 15) is 19.2 Å². The van der Waals surface area contributed by atoms with Crippen molar-refractivity contribution < 1.29 is 23.9 Å². The van der Waals surface area contributed by atoms with Crippen molar-refractivity contribution in [1.29, 1.82) is 0 Å². The maximum Gasteiger partial charge on any atom is 0.265 e. The first-order valence-electron chi connectivity index (χ1n) is 9.38. The van der Waals surface area contributed by atoms with Crippen molar-refractivity contribution in [3.05, 3.63) is 66.2 Å². The maximum atomic E-state index is 12.8. The number of hydrogen-bond donors (Lipinski definition) is 1. The molecule has 0 bridgehead atoms. The number of ether oxygens (including phenoxy) is 1. The van der Waals surface area contributed by atoms with Gasteiger partial charge in [0.1, 0.15) is 11.8 Å². The zero-order valence-corrected chi connectivity index (χ0v) is 16.3. The van der Waals surface area contributed by atoms with Gasteiger partial charge in [0.15, 0.2) is 6.61 Å². The molecule has 0 aromatic heterocycles. The summed E-state index contributed by atoms with van der Waals surface area (Å²) in [6.07, 6.45) is 1.60. The summed E-state index contributed by atoms with van der Waals surface area (Å²) in [5.41, 5.74) is 1.49. The lowest BCUT2D eigenvalue weighted by Crippen LogP contribution is -2.45. The minimum atomic E-state index is -1.02. The fourth-order valence-corrected chi connectivity index (χ4v) is 3.53. The zero-order chi connectivity index (χ0) is 21.4. The lowest BCUT2D eigenvalue weighted by atomic mass is 10.1. The first-order valence-corrected chi connectivity index (χ1v) is 9.38. The Kier molecular flexibility index (Phi) is 4.83. The van der Waals surface area contributed by atoms with Gasteiger partial charge in [-0.3, -0.25) is 24.1 Å². The molecule has 8 nitrogen and oxygen atoms in total. The number of carbonyl (C=O) groups is 4. The molecular weight excluding hydrogens is 386 g/mol. The summed E-state index contributed by atoms with van der Waals surface area (Å²) < 4.78 is 5.43. The lowest BCUT2D eigenvalue weighted by Gasteiger charge is -2.29. The topological polar surface area (TPSA) is 96.0 Å². The lowest BCUT2D eigenvalue weighted by molar-refractivity contribution is -0.121. The van der Waals surface area contributed by atoms with Crippen LogP contribution in [0.4, 0.5) is 11.4 Å². The smallest absolute Gasteiger partial charge is 0.265 e. The van der Waals surface area contributed by atoms with E-state index in [1.165, 1.54) is 11.8 Å². The summed E-state index contributed by atoms with van der Waals surface area (Å²) >= 11 is 0. The molecule has 0 fully saturated rings. The number of carbonyl (C=O) groups excluding carboxylic acids is 4. The molecular formula is C22H19N3O5. The summed E-state index contributed by atoms with van der Waals surface area (Å²) in [6, 6.07) is 10.4. The van der Waals surface area contributed by atoms with E-state index >= 15 is 0 Å². The molecule has 2 aliphatic rings. The van der Waals surface area contributed by atoms with Gasteiger partial charge in [-0.1, -0.05) is 18.2 Å². The number of benzene rings is 2. The molecule has 8 heteroatoms. The number of nitrogens with zero attached hydrogens (tertiary/aromatic N) is 2.